The van der Waals surface area contributed by atoms with E-state index in [1.165, 1.54) is 14.0 Å². The average molecular weight is 955 g/mol. The third-order valence-electron chi connectivity index (χ3n) is 14.6. The molecule has 66 heavy (non-hydrogen) atoms. The number of carbonyl (C=O) groups is 1. The quantitative estimate of drug-likeness (QED) is 0.0841. The number of hydrogen-bond donors (Lipinski definition) is 7. The van der Waals surface area contributed by atoms with Crippen molar-refractivity contribution in [3.8, 4) is 0 Å². The number of carbonyl (C=O) groups excluding carboxylic acids is 1. The van der Waals surface area contributed by atoms with Crippen LogP contribution in [0.4, 0.5) is 5.69 Å². The molecular weight excluding hydrogens is 869 g/mol. The molecule has 380 valence electrons. The van der Waals surface area contributed by atoms with Crippen molar-refractivity contribution >= 4 is 29.0 Å². The number of cyclic esters (lactones) is 1. The number of rotatable bonds is 13. The third-order valence-corrected chi connectivity index (χ3v) is 14.8. The van der Waals surface area contributed by atoms with Gasteiger partial charge in [0.15, 0.2) is 17.7 Å². The van der Waals surface area contributed by atoms with Crippen molar-refractivity contribution in [1.82, 2.24) is 15.1 Å². The lowest BCUT2D eigenvalue weighted by Crippen LogP contribution is -2.60. The Morgan fingerprint density at radius 1 is 0.970 bits per heavy atom. The lowest BCUT2D eigenvalue weighted by molar-refractivity contribution is -0.318. The van der Waals surface area contributed by atoms with Gasteiger partial charge in [-0.1, -0.05) is 45.9 Å². The fourth-order valence-electron chi connectivity index (χ4n) is 10.5. The van der Waals surface area contributed by atoms with Crippen LogP contribution in [0.5, 0.6) is 0 Å². The standard InChI is InChI=1S/C49H86N4O12S/c1-15-34-20-17-18-21-35(34)51-46(66)50-22-19-23-53-27-28(3)25-47(9,58)43(65-45-39(54)36(52(12)13)24-29(4)61-45)30(5)40(64-38-26-48(10,60-14)42(56)33(8)62-38)31(6)44(57)63-37(16-2)49(11,59)41(55)32(53)7/h17-18,20-21,28-33,36-43,45,54-56,58-59H,15-16,19,22-27H2,1-14H3,(H2,50,51,66)/t28-,29-,30+,31-,32-,33+,36+,37-,38+,39-,40+,41-,42+,43-,45+,47-,48-,49-/m1/s1. The lowest BCUT2D eigenvalue weighted by atomic mass is 9.77. The normalized spacial score (nSPS) is 41.4. The summed E-state index contributed by atoms with van der Waals surface area (Å²) in [7, 11) is 5.29. The molecule has 0 amide bonds. The van der Waals surface area contributed by atoms with Gasteiger partial charge < -0.3 is 69.5 Å². The van der Waals surface area contributed by atoms with E-state index in [0.717, 1.165) is 17.7 Å². The minimum atomic E-state index is -1.88. The molecule has 3 aliphatic rings. The van der Waals surface area contributed by atoms with E-state index in [1.54, 1.807) is 34.6 Å². The van der Waals surface area contributed by atoms with Crippen molar-refractivity contribution in [3.63, 3.8) is 0 Å². The first-order valence-corrected chi connectivity index (χ1v) is 24.6. The van der Waals surface area contributed by atoms with Gasteiger partial charge in [0.1, 0.15) is 30.0 Å². The van der Waals surface area contributed by atoms with Crippen LogP contribution in [0, 0.1) is 17.8 Å². The number of aryl methyl sites for hydroxylation is 1. The fourth-order valence-corrected chi connectivity index (χ4v) is 10.7. The molecule has 0 spiro atoms. The van der Waals surface area contributed by atoms with E-state index in [4.69, 9.17) is 40.6 Å². The van der Waals surface area contributed by atoms with Crippen LogP contribution in [0.25, 0.3) is 0 Å². The van der Waals surface area contributed by atoms with Crippen LogP contribution in [-0.2, 0) is 39.6 Å². The maximum absolute atomic E-state index is 14.6. The topological polar surface area (TPSA) is 204 Å². The third kappa shape index (κ3) is 13.8. The smallest absolute Gasteiger partial charge is 0.311 e. The van der Waals surface area contributed by atoms with Gasteiger partial charge in [-0.3, -0.25) is 9.69 Å². The predicted octanol–water partition coefficient (Wildman–Crippen LogP) is 4.21. The maximum Gasteiger partial charge on any atom is 0.311 e. The van der Waals surface area contributed by atoms with Crippen LogP contribution in [-0.4, -0.2) is 178 Å². The summed E-state index contributed by atoms with van der Waals surface area (Å²) in [5.74, 6) is -2.77. The summed E-state index contributed by atoms with van der Waals surface area (Å²) in [6, 6.07) is 7.08. The second-order valence-corrected chi connectivity index (χ2v) is 20.9. The second-order valence-electron chi connectivity index (χ2n) is 20.5. The van der Waals surface area contributed by atoms with Gasteiger partial charge in [0, 0.05) is 56.9 Å². The molecule has 0 saturated carbocycles. The molecule has 0 bridgehead atoms. The summed E-state index contributed by atoms with van der Waals surface area (Å²) in [4.78, 5) is 18.6. The Bertz CT molecular complexity index is 1690. The molecule has 3 fully saturated rings. The molecule has 0 aromatic heterocycles. The highest BCUT2D eigenvalue weighted by Gasteiger charge is 2.53. The summed E-state index contributed by atoms with van der Waals surface area (Å²) < 4.78 is 38.1. The van der Waals surface area contributed by atoms with Crippen molar-refractivity contribution in [3.05, 3.63) is 29.8 Å². The number of hydrogen-bond acceptors (Lipinski definition) is 15. The number of anilines is 1. The fraction of sp³-hybridized carbons (Fsp3) is 0.837. The summed E-state index contributed by atoms with van der Waals surface area (Å²) in [6.07, 6.45) is -7.25. The van der Waals surface area contributed by atoms with E-state index in [9.17, 15) is 30.3 Å². The molecule has 3 saturated heterocycles. The first-order chi connectivity index (χ1) is 30.8. The zero-order valence-corrected chi connectivity index (χ0v) is 43.0. The Labute approximate surface area is 400 Å². The molecular formula is C49H86N4O12S. The summed E-state index contributed by atoms with van der Waals surface area (Å²) in [6.45, 7) is 21.2. The highest BCUT2D eigenvalue weighted by molar-refractivity contribution is 7.80. The molecule has 7 N–H and O–H groups in total. The Kier molecular flexibility index (Phi) is 20.7. The van der Waals surface area contributed by atoms with Crippen molar-refractivity contribution in [2.75, 3.05) is 46.2 Å². The number of benzene rings is 1. The summed E-state index contributed by atoms with van der Waals surface area (Å²) in [5.41, 5.74) is -2.46. The monoisotopic (exact) mass is 955 g/mol. The maximum atomic E-state index is 14.6. The molecule has 0 radical (unpaired) electrons. The first kappa shape index (κ1) is 56.5. The number of aliphatic hydroxyl groups excluding tert-OH is 3. The van der Waals surface area contributed by atoms with Gasteiger partial charge in [0.25, 0.3) is 0 Å². The number of ether oxygens (including phenoxy) is 6. The van der Waals surface area contributed by atoms with E-state index < -0.39 is 96.0 Å². The van der Waals surface area contributed by atoms with Crippen LogP contribution in [0.3, 0.4) is 0 Å². The number of methoxy groups -OCH3 is 1. The molecule has 3 heterocycles. The van der Waals surface area contributed by atoms with Gasteiger partial charge in [-0.15, -0.1) is 0 Å². The minimum Gasteiger partial charge on any atom is -0.459 e. The van der Waals surface area contributed by atoms with Crippen LogP contribution in [0.15, 0.2) is 24.3 Å². The Hall–Kier alpha value is -2.10. The molecule has 3 aliphatic heterocycles. The zero-order chi connectivity index (χ0) is 49.5. The van der Waals surface area contributed by atoms with E-state index >= 15 is 0 Å². The molecule has 17 heteroatoms. The SMILES string of the molecule is CCc1ccccc1NC(=S)NCCCN1C[C@H](C)C[C@@](C)(O)[C@H](O[C@@H]2O[C@H](C)C[C@H](N(C)C)[C@H]2O)[C@@H](C)[C@H](O[C@H]2C[C@@](C)(OC)[C@@H](O)[C@H](C)O2)[C@@H](C)C(=O)O[C@H](CC)[C@@](C)(O)[C@H](O)[C@H]1C. The van der Waals surface area contributed by atoms with Gasteiger partial charge in [-0.25, -0.2) is 0 Å². The van der Waals surface area contributed by atoms with Crippen LogP contribution in [0.1, 0.15) is 114 Å². The average Bonchev–Trinajstić information content (AvgIpc) is 3.25. The van der Waals surface area contributed by atoms with E-state index in [1.807, 2.05) is 64.9 Å². The highest BCUT2D eigenvalue weighted by atomic mass is 32.1. The van der Waals surface area contributed by atoms with E-state index in [0.29, 0.717) is 37.6 Å². The minimum absolute atomic E-state index is 0.113. The highest BCUT2D eigenvalue weighted by Crippen LogP contribution is 2.40. The molecule has 18 atom stereocenters. The van der Waals surface area contributed by atoms with Crippen molar-refractivity contribution in [2.45, 2.75) is 205 Å². The van der Waals surface area contributed by atoms with Gasteiger partial charge in [-0.2, -0.15) is 0 Å². The summed E-state index contributed by atoms with van der Waals surface area (Å²) >= 11 is 5.65. The second kappa shape index (κ2) is 24.1. The number of likely N-dealkylation sites (N-methyl/N-ethyl adjacent to an activating group) is 1. The van der Waals surface area contributed by atoms with Gasteiger partial charge in [0.05, 0.1) is 41.5 Å². The number of esters is 1. The zero-order valence-electron chi connectivity index (χ0n) is 42.2. The van der Waals surface area contributed by atoms with E-state index in [-0.39, 0.29) is 37.3 Å². The van der Waals surface area contributed by atoms with Crippen molar-refractivity contribution in [2.24, 2.45) is 17.8 Å². The molecule has 16 nitrogen and oxygen atoms in total. The Morgan fingerprint density at radius 2 is 1.64 bits per heavy atom. The van der Waals surface area contributed by atoms with Crippen LogP contribution < -0.4 is 10.6 Å². The summed E-state index contributed by atoms with van der Waals surface area (Å²) in [5, 5.41) is 67.1. The van der Waals surface area contributed by atoms with Crippen LogP contribution in [0.2, 0.25) is 0 Å². The number of aliphatic hydroxyl groups is 5. The molecule has 1 aromatic rings. The lowest BCUT2D eigenvalue weighted by Gasteiger charge is -2.48. The number of nitrogens with zero attached hydrogens (tertiary/aromatic N) is 2. The van der Waals surface area contributed by atoms with Crippen molar-refractivity contribution in [1.29, 1.82) is 0 Å². The largest absolute Gasteiger partial charge is 0.459 e. The number of thiocarbonyl (C=S) groups is 1. The number of nitrogens with one attached hydrogen (secondary N) is 2. The number of para-hydroxylation sites is 1. The first-order valence-electron chi connectivity index (χ1n) is 24.2. The van der Waals surface area contributed by atoms with Crippen molar-refractivity contribution < 1.29 is 58.7 Å². The Morgan fingerprint density at radius 3 is 2.26 bits per heavy atom. The van der Waals surface area contributed by atoms with E-state index in [2.05, 4.69) is 28.5 Å². The predicted molar refractivity (Wildman–Crippen MR) is 258 cm³/mol. The molecule has 4 rings (SSSR count). The molecule has 0 unspecified atom stereocenters. The molecule has 1 aromatic carbocycles. The van der Waals surface area contributed by atoms with Crippen LogP contribution >= 0.6 is 12.2 Å². The van der Waals surface area contributed by atoms with Gasteiger partial charge in [0.2, 0.25) is 0 Å². The van der Waals surface area contributed by atoms with Gasteiger partial charge in [-0.05, 0) is 124 Å². The Balaban J connectivity index is 1.74. The molecule has 0 aliphatic carbocycles. The van der Waals surface area contributed by atoms with Gasteiger partial charge >= 0.3 is 5.97 Å².